The second-order valence-corrected chi connectivity index (χ2v) is 10.3. The lowest BCUT2D eigenvalue weighted by molar-refractivity contribution is 0.109. The van der Waals surface area contributed by atoms with Crippen LogP contribution in [0.2, 0.25) is 5.02 Å². The van der Waals surface area contributed by atoms with Crippen LogP contribution >= 0.6 is 11.6 Å². The smallest absolute Gasteiger partial charge is 0.243 e. The van der Waals surface area contributed by atoms with Crippen molar-refractivity contribution in [3.8, 4) is 0 Å². The first-order chi connectivity index (χ1) is 15.0. The highest BCUT2D eigenvalue weighted by atomic mass is 35.5. The lowest BCUT2D eigenvalue weighted by atomic mass is 9.85. The van der Waals surface area contributed by atoms with Crippen LogP contribution in [0.5, 0.6) is 0 Å². The molecule has 4 rings (SSSR count). The first kappa shape index (κ1) is 22.1. The monoisotopic (exact) mass is 459 g/mol. The van der Waals surface area contributed by atoms with Gasteiger partial charge in [0, 0.05) is 36.0 Å². The summed E-state index contributed by atoms with van der Waals surface area (Å²) >= 11 is 5.97. The number of hydrogen-bond donors (Lipinski definition) is 1. The van der Waals surface area contributed by atoms with Gasteiger partial charge in [0.05, 0.1) is 11.4 Å². The Labute approximate surface area is 188 Å². The molecule has 6 nitrogen and oxygen atoms in total. The number of nitrogens with zero attached hydrogens (tertiary/aromatic N) is 3. The van der Waals surface area contributed by atoms with E-state index in [-0.39, 0.29) is 30.0 Å². The van der Waals surface area contributed by atoms with Crippen LogP contribution in [0, 0.1) is 5.92 Å². The van der Waals surface area contributed by atoms with Crippen molar-refractivity contribution in [1.82, 2.24) is 4.31 Å². The number of amidine groups is 1. The first-order valence-corrected chi connectivity index (χ1v) is 12.4. The molecule has 1 fully saturated rings. The van der Waals surface area contributed by atoms with E-state index >= 15 is 0 Å². The molecule has 31 heavy (non-hydrogen) atoms. The van der Waals surface area contributed by atoms with Crippen LogP contribution < -0.4 is 0 Å². The maximum Gasteiger partial charge on any atom is 0.243 e. The molecular weight excluding hydrogens is 434 g/mol. The molecule has 0 saturated heterocycles. The molecule has 2 atom stereocenters. The van der Waals surface area contributed by atoms with E-state index in [1.807, 2.05) is 24.3 Å². The van der Waals surface area contributed by atoms with Crippen molar-refractivity contribution >= 4 is 33.7 Å². The summed E-state index contributed by atoms with van der Waals surface area (Å²) in [6, 6.07) is 13.7. The van der Waals surface area contributed by atoms with Gasteiger partial charge in [-0.25, -0.2) is 13.4 Å². The molecule has 0 amide bonds. The van der Waals surface area contributed by atoms with Gasteiger partial charge >= 0.3 is 0 Å². The van der Waals surface area contributed by atoms with Gasteiger partial charge in [0.25, 0.3) is 0 Å². The topological polar surface area (TPSA) is 82.3 Å². The van der Waals surface area contributed by atoms with Crippen molar-refractivity contribution in [1.29, 1.82) is 0 Å². The maximum absolute atomic E-state index is 13.6. The molecule has 8 heteroatoms. The molecule has 1 saturated carbocycles. The van der Waals surface area contributed by atoms with Gasteiger partial charge < -0.3 is 5.11 Å². The summed E-state index contributed by atoms with van der Waals surface area (Å²) in [5.74, 6) is 0.627. The van der Waals surface area contributed by atoms with Gasteiger partial charge in [-0.15, -0.1) is 0 Å². The van der Waals surface area contributed by atoms with Crippen molar-refractivity contribution in [2.75, 3.05) is 13.2 Å². The zero-order valence-corrected chi connectivity index (χ0v) is 18.8. The number of aliphatic imine (C=N–C) groups is 2. The molecule has 2 aromatic rings. The van der Waals surface area contributed by atoms with Crippen molar-refractivity contribution in [3.05, 3.63) is 64.7 Å². The fourth-order valence-corrected chi connectivity index (χ4v) is 6.13. The Kier molecular flexibility index (Phi) is 6.86. The average Bonchev–Trinajstić information content (AvgIpc) is 3.33. The largest absolute Gasteiger partial charge is 0.396 e. The number of rotatable bonds is 7. The summed E-state index contributed by atoms with van der Waals surface area (Å²) in [6.45, 7) is 0.810. The summed E-state index contributed by atoms with van der Waals surface area (Å²) in [5.41, 5.74) is 1.79. The number of sulfonamides is 1. The zero-order chi connectivity index (χ0) is 21.8. The van der Waals surface area contributed by atoms with E-state index in [2.05, 4.69) is 9.98 Å². The highest BCUT2D eigenvalue weighted by Gasteiger charge is 2.37. The fraction of sp³-hybridized carbons (Fsp3) is 0.391. The summed E-state index contributed by atoms with van der Waals surface area (Å²) < 4.78 is 28.9. The number of aliphatic hydroxyl groups excluding tert-OH is 1. The molecule has 1 N–H and O–H groups in total. The molecule has 0 radical (unpaired) electrons. The molecule has 1 aliphatic carbocycles. The highest BCUT2D eigenvalue weighted by Crippen LogP contribution is 2.33. The van der Waals surface area contributed by atoms with Crippen molar-refractivity contribution in [3.63, 3.8) is 0 Å². The van der Waals surface area contributed by atoms with Gasteiger partial charge in [0.1, 0.15) is 0 Å². The second kappa shape index (κ2) is 9.61. The summed E-state index contributed by atoms with van der Waals surface area (Å²) in [6.07, 6.45) is 5.28. The van der Waals surface area contributed by atoms with Gasteiger partial charge in [-0.1, -0.05) is 48.7 Å². The van der Waals surface area contributed by atoms with Gasteiger partial charge in [-0.2, -0.15) is 4.31 Å². The standard InChI is InChI=1S/C23H26ClN3O3S/c24-20-9-11-21(12-10-20)31(29,30)27(22-4-2-1-3-19(22)16-28)15-17-5-7-18(8-6-17)23-25-13-14-26-23/h5-13,19,22,28H,1-4,14-16H2. The van der Waals surface area contributed by atoms with Crippen LogP contribution in [0.25, 0.3) is 0 Å². The van der Waals surface area contributed by atoms with Crippen molar-refractivity contribution in [2.24, 2.45) is 15.9 Å². The molecular formula is C23H26ClN3O3S. The van der Waals surface area contributed by atoms with E-state index in [9.17, 15) is 13.5 Å². The van der Waals surface area contributed by atoms with E-state index in [1.54, 1.807) is 34.8 Å². The van der Waals surface area contributed by atoms with Crippen LogP contribution in [-0.4, -0.2) is 49.1 Å². The quantitative estimate of drug-likeness (QED) is 0.681. The SMILES string of the molecule is O=S(=O)(c1ccc(Cl)cc1)N(Cc1ccc(C2=NCC=N2)cc1)C1CCCCC1CO. The predicted molar refractivity (Wildman–Crippen MR) is 123 cm³/mol. The van der Waals surface area contributed by atoms with E-state index < -0.39 is 10.0 Å². The Bertz CT molecular complexity index is 1070. The third-order valence-corrected chi connectivity index (χ3v) is 8.12. The van der Waals surface area contributed by atoms with E-state index in [1.165, 1.54) is 0 Å². The Morgan fingerprint density at radius 3 is 2.39 bits per heavy atom. The third-order valence-electron chi connectivity index (χ3n) is 5.98. The van der Waals surface area contributed by atoms with Crippen molar-refractivity contribution in [2.45, 2.75) is 43.2 Å². The Balaban J connectivity index is 1.66. The van der Waals surface area contributed by atoms with E-state index in [0.717, 1.165) is 36.8 Å². The van der Waals surface area contributed by atoms with Gasteiger partial charge in [0.15, 0.2) is 5.84 Å². The minimum atomic E-state index is -3.77. The van der Waals surface area contributed by atoms with Gasteiger partial charge in [-0.05, 0) is 48.6 Å². The van der Waals surface area contributed by atoms with Crippen LogP contribution in [0.1, 0.15) is 36.8 Å². The molecule has 2 unspecified atom stereocenters. The van der Waals surface area contributed by atoms with Crippen LogP contribution in [0.3, 0.4) is 0 Å². The predicted octanol–water partition coefficient (Wildman–Crippen LogP) is 3.91. The number of hydrogen-bond acceptors (Lipinski definition) is 5. The number of benzene rings is 2. The Morgan fingerprint density at radius 2 is 1.74 bits per heavy atom. The minimum Gasteiger partial charge on any atom is -0.396 e. The number of halogens is 1. The Hall–Kier alpha value is -2.06. The molecule has 164 valence electrons. The molecule has 0 bridgehead atoms. The zero-order valence-electron chi connectivity index (χ0n) is 17.2. The highest BCUT2D eigenvalue weighted by molar-refractivity contribution is 7.89. The van der Waals surface area contributed by atoms with E-state index in [0.29, 0.717) is 17.4 Å². The molecule has 1 heterocycles. The lowest BCUT2D eigenvalue weighted by Gasteiger charge is -2.38. The molecule has 1 aliphatic heterocycles. The summed E-state index contributed by atoms with van der Waals surface area (Å²) in [7, 11) is -3.77. The van der Waals surface area contributed by atoms with E-state index in [4.69, 9.17) is 11.6 Å². The van der Waals surface area contributed by atoms with Crippen LogP contribution in [0.4, 0.5) is 0 Å². The van der Waals surface area contributed by atoms with Gasteiger partial charge in [0.2, 0.25) is 10.0 Å². The fourth-order valence-electron chi connectivity index (χ4n) is 4.30. The first-order valence-electron chi connectivity index (χ1n) is 10.5. The number of aliphatic hydroxyl groups is 1. The molecule has 0 spiro atoms. The molecule has 2 aliphatic rings. The van der Waals surface area contributed by atoms with Crippen LogP contribution in [0.15, 0.2) is 63.4 Å². The molecule has 0 aromatic heterocycles. The van der Waals surface area contributed by atoms with Gasteiger partial charge in [-0.3, -0.25) is 4.99 Å². The second-order valence-electron chi connectivity index (χ2n) is 7.97. The minimum absolute atomic E-state index is 0.0198. The third kappa shape index (κ3) is 4.90. The average molecular weight is 460 g/mol. The molecule has 2 aromatic carbocycles. The normalized spacial score (nSPS) is 21.5. The van der Waals surface area contributed by atoms with Crippen molar-refractivity contribution < 1.29 is 13.5 Å². The van der Waals surface area contributed by atoms with Crippen LogP contribution in [-0.2, 0) is 16.6 Å². The summed E-state index contributed by atoms with van der Waals surface area (Å²) in [5, 5.41) is 10.4. The maximum atomic E-state index is 13.6. The Morgan fingerprint density at radius 1 is 1.03 bits per heavy atom. The summed E-state index contributed by atoms with van der Waals surface area (Å²) in [4.78, 5) is 8.80. The lowest BCUT2D eigenvalue weighted by Crippen LogP contribution is -2.46.